The van der Waals surface area contributed by atoms with Crippen LogP contribution in [0, 0.1) is 5.82 Å². The van der Waals surface area contributed by atoms with Crippen molar-refractivity contribution in [2.45, 2.75) is 18.3 Å². The summed E-state index contributed by atoms with van der Waals surface area (Å²) in [6.45, 7) is 0. The number of hydrogen-bond donors (Lipinski definition) is 3. The molecular weight excluding hydrogens is 454 g/mol. The molecule has 0 bridgehead atoms. The van der Waals surface area contributed by atoms with Crippen LogP contribution in [0.2, 0.25) is 10.0 Å². The number of benzene rings is 2. The molecule has 1 aliphatic carbocycles. The van der Waals surface area contributed by atoms with Gasteiger partial charge in [-0.25, -0.2) is 9.18 Å². The van der Waals surface area contributed by atoms with E-state index >= 15 is 4.39 Å². The first-order valence-corrected chi connectivity index (χ1v) is 9.73. The largest absolute Gasteiger partial charge is 0.451 e. The number of halogens is 3. The number of carbonyl (C=O) groups is 2. The number of rotatable bonds is 4. The number of ether oxygens (including phenoxy) is 1. The fourth-order valence-corrected chi connectivity index (χ4v) is 4.09. The van der Waals surface area contributed by atoms with Gasteiger partial charge in [-0.05, 0) is 42.3 Å². The predicted molar refractivity (Wildman–Crippen MR) is 108 cm³/mol. The van der Waals surface area contributed by atoms with E-state index in [1.807, 2.05) is 0 Å². The number of H-pyrrole nitrogens is 1. The number of aromatic amines is 1. The summed E-state index contributed by atoms with van der Waals surface area (Å²) in [5.74, 6) is -3.03. The minimum absolute atomic E-state index is 0.00770. The first kappa shape index (κ1) is 19.6. The van der Waals surface area contributed by atoms with Gasteiger partial charge in [-0.3, -0.25) is 19.1 Å². The van der Waals surface area contributed by atoms with Gasteiger partial charge in [-0.15, -0.1) is 0 Å². The third kappa shape index (κ3) is 3.15. The van der Waals surface area contributed by atoms with Crippen molar-refractivity contribution in [1.29, 1.82) is 0 Å². The Morgan fingerprint density at radius 3 is 2.55 bits per heavy atom. The van der Waals surface area contributed by atoms with Crippen LogP contribution in [0.15, 0.2) is 33.6 Å². The highest BCUT2D eigenvalue weighted by Crippen LogP contribution is 2.57. The second-order valence-electron chi connectivity index (χ2n) is 7.11. The Kier molecular flexibility index (Phi) is 4.31. The SMILES string of the molecule is O=C(Nc1cc(Cl)c(Oc2ccc3c(c2F)C2(CC2)C(=O)N3)c(Cl)c1)c1noc(=O)[nH]1. The van der Waals surface area contributed by atoms with E-state index in [0.29, 0.717) is 18.5 Å². The molecule has 1 saturated carbocycles. The lowest BCUT2D eigenvalue weighted by atomic mass is 9.97. The van der Waals surface area contributed by atoms with Crippen LogP contribution in [-0.2, 0) is 10.2 Å². The van der Waals surface area contributed by atoms with Gasteiger partial charge in [0.15, 0.2) is 17.3 Å². The van der Waals surface area contributed by atoms with Gasteiger partial charge < -0.3 is 15.4 Å². The second kappa shape index (κ2) is 6.82. The van der Waals surface area contributed by atoms with Gasteiger partial charge in [-0.1, -0.05) is 23.2 Å². The molecule has 0 radical (unpaired) electrons. The maximum atomic E-state index is 15.2. The van der Waals surface area contributed by atoms with E-state index in [1.54, 1.807) is 6.07 Å². The molecule has 1 aliphatic heterocycles. The fraction of sp³-hybridized carbons (Fsp3) is 0.158. The predicted octanol–water partition coefficient (Wildman–Crippen LogP) is 3.84. The van der Waals surface area contributed by atoms with E-state index in [2.05, 4.69) is 25.3 Å². The summed E-state index contributed by atoms with van der Waals surface area (Å²) in [6.07, 6.45) is 1.14. The van der Waals surface area contributed by atoms with Crippen LogP contribution < -0.4 is 21.1 Å². The summed E-state index contributed by atoms with van der Waals surface area (Å²) in [6, 6.07) is 5.60. The Morgan fingerprint density at radius 1 is 1.23 bits per heavy atom. The molecule has 12 heteroatoms. The second-order valence-corrected chi connectivity index (χ2v) is 7.92. The van der Waals surface area contributed by atoms with Crippen molar-refractivity contribution in [1.82, 2.24) is 10.1 Å². The maximum absolute atomic E-state index is 15.2. The van der Waals surface area contributed by atoms with Gasteiger partial charge in [0.25, 0.3) is 5.91 Å². The van der Waals surface area contributed by atoms with Crippen molar-refractivity contribution < 1.29 is 23.2 Å². The number of carbonyl (C=O) groups excluding carboxylic acids is 2. The van der Waals surface area contributed by atoms with E-state index < -0.39 is 22.9 Å². The lowest BCUT2D eigenvalue weighted by Crippen LogP contribution is -2.19. The van der Waals surface area contributed by atoms with Crippen molar-refractivity contribution >= 4 is 46.4 Å². The average molecular weight is 465 g/mol. The highest BCUT2D eigenvalue weighted by Gasteiger charge is 2.58. The fourth-order valence-electron chi connectivity index (χ4n) is 3.52. The van der Waals surface area contributed by atoms with Crippen LogP contribution in [0.5, 0.6) is 11.5 Å². The van der Waals surface area contributed by atoms with Crippen LogP contribution in [0.3, 0.4) is 0 Å². The molecule has 1 spiro atoms. The van der Waals surface area contributed by atoms with Crippen molar-refractivity contribution in [2.75, 3.05) is 10.6 Å². The van der Waals surface area contributed by atoms with Gasteiger partial charge in [0.2, 0.25) is 11.7 Å². The first-order valence-electron chi connectivity index (χ1n) is 8.97. The number of nitrogens with zero attached hydrogens (tertiary/aromatic N) is 1. The molecule has 2 amide bonds. The van der Waals surface area contributed by atoms with Crippen LogP contribution in [0.1, 0.15) is 29.0 Å². The van der Waals surface area contributed by atoms with Crippen LogP contribution >= 0.6 is 23.2 Å². The van der Waals surface area contributed by atoms with Gasteiger partial charge in [-0.2, -0.15) is 0 Å². The monoisotopic (exact) mass is 464 g/mol. The molecule has 1 aromatic heterocycles. The van der Waals surface area contributed by atoms with Crippen molar-refractivity contribution in [2.24, 2.45) is 0 Å². The number of amides is 2. The molecule has 158 valence electrons. The van der Waals surface area contributed by atoms with E-state index in [0.717, 1.165) is 0 Å². The standard InChI is InChI=1S/C19H11Cl2FN4O5/c20-8-5-7(23-16(27)15-25-18(29)31-26-15)6-9(21)14(8)30-11-2-1-10-12(13(11)22)19(3-4-19)17(28)24-10/h1-2,5-6H,3-4H2,(H,23,27)(H,24,28)(H,25,26,29). The zero-order chi connectivity index (χ0) is 21.9. The van der Waals surface area contributed by atoms with Crippen LogP contribution in [-0.4, -0.2) is 22.0 Å². The average Bonchev–Trinajstić information content (AvgIpc) is 3.30. The first-order chi connectivity index (χ1) is 14.8. The molecule has 3 aromatic rings. The molecular formula is C19H11Cl2FN4O5. The number of fused-ring (bicyclic) bond motifs is 2. The number of aromatic nitrogens is 2. The zero-order valence-corrected chi connectivity index (χ0v) is 16.9. The summed E-state index contributed by atoms with van der Waals surface area (Å²) in [5.41, 5.74) is 0.0568. The topological polar surface area (TPSA) is 126 Å². The Balaban J connectivity index is 1.42. The zero-order valence-electron chi connectivity index (χ0n) is 15.3. The molecule has 3 N–H and O–H groups in total. The minimum Gasteiger partial charge on any atom is -0.451 e. The van der Waals surface area contributed by atoms with Crippen molar-refractivity contribution in [3.8, 4) is 11.5 Å². The molecule has 31 heavy (non-hydrogen) atoms. The molecule has 2 heterocycles. The summed E-state index contributed by atoms with van der Waals surface area (Å²) >= 11 is 12.5. The van der Waals surface area contributed by atoms with E-state index in [4.69, 9.17) is 27.9 Å². The van der Waals surface area contributed by atoms with Crippen LogP contribution in [0.4, 0.5) is 15.8 Å². The minimum atomic E-state index is -0.883. The van der Waals surface area contributed by atoms with Gasteiger partial charge in [0.1, 0.15) is 0 Å². The van der Waals surface area contributed by atoms with Crippen molar-refractivity contribution in [3.05, 3.63) is 62.1 Å². The third-order valence-electron chi connectivity index (χ3n) is 5.14. The Hall–Kier alpha value is -3.37. The third-order valence-corrected chi connectivity index (χ3v) is 5.70. The lowest BCUT2D eigenvalue weighted by molar-refractivity contribution is -0.117. The molecule has 0 atom stereocenters. The number of anilines is 2. The van der Waals surface area contributed by atoms with E-state index in [1.165, 1.54) is 18.2 Å². The Labute approximate surface area is 182 Å². The summed E-state index contributed by atoms with van der Waals surface area (Å²) in [7, 11) is 0. The smallest absolute Gasteiger partial charge is 0.439 e. The molecule has 2 aromatic carbocycles. The number of hydrogen-bond acceptors (Lipinski definition) is 6. The van der Waals surface area contributed by atoms with Gasteiger partial charge in [0.05, 0.1) is 15.5 Å². The normalized spacial score (nSPS) is 15.5. The maximum Gasteiger partial charge on any atom is 0.439 e. The molecule has 5 rings (SSSR count). The van der Waals surface area contributed by atoms with Crippen molar-refractivity contribution in [3.63, 3.8) is 0 Å². The Bertz CT molecular complexity index is 1310. The molecule has 0 unspecified atom stereocenters. The molecule has 0 saturated heterocycles. The summed E-state index contributed by atoms with van der Waals surface area (Å²) in [5, 5.41) is 8.38. The highest BCUT2D eigenvalue weighted by molar-refractivity contribution is 6.37. The lowest BCUT2D eigenvalue weighted by Gasteiger charge is -2.14. The quantitative estimate of drug-likeness (QED) is 0.538. The summed E-state index contributed by atoms with van der Waals surface area (Å²) < 4.78 is 25.1. The number of nitrogens with one attached hydrogen (secondary N) is 3. The molecule has 2 aliphatic rings. The molecule has 9 nitrogen and oxygen atoms in total. The summed E-state index contributed by atoms with van der Waals surface area (Å²) in [4.78, 5) is 37.3. The Morgan fingerprint density at radius 2 is 1.94 bits per heavy atom. The van der Waals surface area contributed by atoms with Gasteiger partial charge >= 0.3 is 5.76 Å². The van der Waals surface area contributed by atoms with Crippen LogP contribution in [0.25, 0.3) is 0 Å². The molecule has 1 fully saturated rings. The van der Waals surface area contributed by atoms with E-state index in [-0.39, 0.29) is 44.5 Å². The highest BCUT2D eigenvalue weighted by atomic mass is 35.5. The van der Waals surface area contributed by atoms with Gasteiger partial charge in [0, 0.05) is 16.9 Å². The van der Waals surface area contributed by atoms with E-state index in [9.17, 15) is 14.4 Å².